The molecule has 3 heteroatoms. The fourth-order valence-corrected chi connectivity index (χ4v) is 0.999. The highest BCUT2D eigenvalue weighted by molar-refractivity contribution is 5.00. The molecule has 66 valence electrons. The number of aryl methyl sites for hydroxylation is 2. The molecule has 0 unspecified atom stereocenters. The van der Waals surface area contributed by atoms with Crippen LogP contribution in [0.4, 0.5) is 0 Å². The molecule has 0 radical (unpaired) electrons. The van der Waals surface area contributed by atoms with Gasteiger partial charge >= 0.3 is 0 Å². The molecule has 0 spiro atoms. The Balaban J connectivity index is 2.37. The first-order valence-electron chi connectivity index (χ1n) is 4.30. The quantitative estimate of drug-likeness (QED) is 0.679. The van der Waals surface area contributed by atoms with Crippen LogP contribution in [0.3, 0.4) is 0 Å². The van der Waals surface area contributed by atoms with Crippen LogP contribution in [-0.2, 0) is 6.42 Å². The molecular formula is C9H15N3. The van der Waals surface area contributed by atoms with Crippen LogP contribution in [0.15, 0.2) is 12.4 Å². The zero-order chi connectivity index (χ0) is 8.81. The standard InChI is InChI=1S/C9H15N3/c1-8-6-12-9(7-11-8)4-2-3-5-10/h6-7H,2-5,10H2,1H3. The first kappa shape index (κ1) is 9.13. The molecule has 0 aliphatic heterocycles. The van der Waals surface area contributed by atoms with Crippen molar-refractivity contribution in [2.75, 3.05) is 6.54 Å². The Labute approximate surface area is 73.0 Å². The van der Waals surface area contributed by atoms with E-state index in [0.717, 1.165) is 37.2 Å². The zero-order valence-electron chi connectivity index (χ0n) is 7.45. The third-order valence-electron chi connectivity index (χ3n) is 1.72. The fourth-order valence-electron chi connectivity index (χ4n) is 0.999. The molecule has 1 heterocycles. The van der Waals surface area contributed by atoms with Crippen LogP contribution >= 0.6 is 0 Å². The predicted octanol–water partition coefficient (Wildman–Crippen LogP) is 1.07. The molecule has 0 amide bonds. The summed E-state index contributed by atoms with van der Waals surface area (Å²) in [5.74, 6) is 0. The van der Waals surface area contributed by atoms with Gasteiger partial charge in [-0.25, -0.2) is 0 Å². The van der Waals surface area contributed by atoms with Crippen molar-refractivity contribution in [3.63, 3.8) is 0 Å². The summed E-state index contributed by atoms with van der Waals surface area (Å²) in [5, 5.41) is 0. The lowest BCUT2D eigenvalue weighted by molar-refractivity contribution is 0.728. The van der Waals surface area contributed by atoms with Crippen molar-refractivity contribution in [2.24, 2.45) is 5.73 Å². The summed E-state index contributed by atoms with van der Waals surface area (Å²) in [6, 6.07) is 0. The van der Waals surface area contributed by atoms with E-state index in [-0.39, 0.29) is 0 Å². The van der Waals surface area contributed by atoms with Gasteiger partial charge in [0.15, 0.2) is 0 Å². The number of hydrogen-bond donors (Lipinski definition) is 1. The van der Waals surface area contributed by atoms with Gasteiger partial charge in [0.05, 0.1) is 11.4 Å². The molecule has 2 N–H and O–H groups in total. The maximum absolute atomic E-state index is 5.38. The van der Waals surface area contributed by atoms with Crippen LogP contribution in [0.25, 0.3) is 0 Å². The molecule has 1 aromatic heterocycles. The Bertz CT molecular complexity index is 218. The number of nitrogens with zero attached hydrogens (tertiary/aromatic N) is 2. The van der Waals surface area contributed by atoms with E-state index in [1.54, 1.807) is 6.20 Å². The third kappa shape index (κ3) is 2.96. The minimum atomic E-state index is 0.763. The molecule has 1 rings (SSSR count). The average Bonchev–Trinajstić information content (AvgIpc) is 2.09. The van der Waals surface area contributed by atoms with E-state index in [2.05, 4.69) is 9.97 Å². The second-order valence-corrected chi connectivity index (χ2v) is 2.89. The number of nitrogens with two attached hydrogens (primary N) is 1. The lowest BCUT2D eigenvalue weighted by Crippen LogP contribution is -2.00. The van der Waals surface area contributed by atoms with E-state index in [1.807, 2.05) is 13.1 Å². The number of hydrogen-bond acceptors (Lipinski definition) is 3. The van der Waals surface area contributed by atoms with Crippen LogP contribution in [0.2, 0.25) is 0 Å². The summed E-state index contributed by atoms with van der Waals surface area (Å²) in [5.41, 5.74) is 7.41. The zero-order valence-corrected chi connectivity index (χ0v) is 7.45. The monoisotopic (exact) mass is 165 g/mol. The van der Waals surface area contributed by atoms with Crippen molar-refractivity contribution in [3.05, 3.63) is 23.8 Å². The van der Waals surface area contributed by atoms with Crippen molar-refractivity contribution >= 4 is 0 Å². The molecule has 0 aromatic carbocycles. The second-order valence-electron chi connectivity index (χ2n) is 2.89. The molecule has 0 fully saturated rings. The molecular weight excluding hydrogens is 150 g/mol. The van der Waals surface area contributed by atoms with E-state index < -0.39 is 0 Å². The lowest BCUT2D eigenvalue weighted by Gasteiger charge is -1.98. The van der Waals surface area contributed by atoms with Gasteiger partial charge in [-0.3, -0.25) is 9.97 Å². The van der Waals surface area contributed by atoms with E-state index in [1.165, 1.54) is 0 Å². The Morgan fingerprint density at radius 3 is 2.67 bits per heavy atom. The van der Waals surface area contributed by atoms with Crippen molar-refractivity contribution < 1.29 is 0 Å². The second kappa shape index (κ2) is 4.83. The Morgan fingerprint density at radius 2 is 2.08 bits per heavy atom. The molecule has 0 aliphatic carbocycles. The van der Waals surface area contributed by atoms with Crippen molar-refractivity contribution in [1.29, 1.82) is 0 Å². The molecule has 1 aromatic rings. The van der Waals surface area contributed by atoms with Crippen LogP contribution in [-0.4, -0.2) is 16.5 Å². The number of unbranched alkanes of at least 4 members (excludes halogenated alkanes) is 1. The van der Waals surface area contributed by atoms with Gasteiger partial charge in [0.25, 0.3) is 0 Å². The van der Waals surface area contributed by atoms with Gasteiger partial charge in [-0.05, 0) is 32.7 Å². The van der Waals surface area contributed by atoms with Gasteiger partial charge in [-0.15, -0.1) is 0 Å². The first-order chi connectivity index (χ1) is 5.83. The van der Waals surface area contributed by atoms with Crippen LogP contribution < -0.4 is 5.73 Å². The molecule has 0 saturated heterocycles. The maximum Gasteiger partial charge on any atom is 0.0586 e. The summed E-state index contributed by atoms with van der Waals surface area (Å²) in [6.45, 7) is 2.70. The SMILES string of the molecule is Cc1cnc(CCCCN)cn1. The summed E-state index contributed by atoms with van der Waals surface area (Å²) in [6.07, 6.45) is 6.80. The smallest absolute Gasteiger partial charge is 0.0586 e. The Morgan fingerprint density at radius 1 is 1.25 bits per heavy atom. The molecule has 0 atom stereocenters. The highest BCUT2D eigenvalue weighted by atomic mass is 14.8. The largest absolute Gasteiger partial charge is 0.330 e. The first-order valence-corrected chi connectivity index (χ1v) is 4.30. The van der Waals surface area contributed by atoms with E-state index in [0.29, 0.717) is 0 Å². The molecule has 0 bridgehead atoms. The highest BCUT2D eigenvalue weighted by Gasteiger charge is 1.93. The van der Waals surface area contributed by atoms with E-state index in [9.17, 15) is 0 Å². The summed E-state index contributed by atoms with van der Waals surface area (Å²) in [4.78, 5) is 8.41. The minimum absolute atomic E-state index is 0.763. The van der Waals surface area contributed by atoms with Gasteiger partial charge in [-0.2, -0.15) is 0 Å². The number of rotatable bonds is 4. The molecule has 0 saturated carbocycles. The maximum atomic E-state index is 5.38. The van der Waals surface area contributed by atoms with E-state index in [4.69, 9.17) is 5.73 Å². The van der Waals surface area contributed by atoms with Crippen LogP contribution in [0.1, 0.15) is 24.2 Å². The summed E-state index contributed by atoms with van der Waals surface area (Å²) < 4.78 is 0. The summed E-state index contributed by atoms with van der Waals surface area (Å²) in [7, 11) is 0. The van der Waals surface area contributed by atoms with Crippen molar-refractivity contribution in [3.8, 4) is 0 Å². The third-order valence-corrected chi connectivity index (χ3v) is 1.72. The van der Waals surface area contributed by atoms with Crippen LogP contribution in [0, 0.1) is 6.92 Å². The van der Waals surface area contributed by atoms with E-state index >= 15 is 0 Å². The normalized spacial score (nSPS) is 10.2. The van der Waals surface area contributed by atoms with Crippen LogP contribution in [0.5, 0.6) is 0 Å². The predicted molar refractivity (Wildman–Crippen MR) is 48.8 cm³/mol. The van der Waals surface area contributed by atoms with Crippen molar-refractivity contribution in [2.45, 2.75) is 26.2 Å². The lowest BCUT2D eigenvalue weighted by atomic mass is 10.2. The van der Waals surface area contributed by atoms with Crippen molar-refractivity contribution in [1.82, 2.24) is 9.97 Å². The Hall–Kier alpha value is -0.960. The molecule has 3 nitrogen and oxygen atoms in total. The van der Waals surface area contributed by atoms with Gasteiger partial charge in [-0.1, -0.05) is 0 Å². The minimum Gasteiger partial charge on any atom is -0.330 e. The summed E-state index contributed by atoms with van der Waals surface area (Å²) >= 11 is 0. The number of aromatic nitrogens is 2. The highest BCUT2D eigenvalue weighted by Crippen LogP contribution is 1.99. The van der Waals surface area contributed by atoms with Gasteiger partial charge in [0, 0.05) is 12.4 Å². The van der Waals surface area contributed by atoms with Gasteiger partial charge < -0.3 is 5.73 Å². The average molecular weight is 165 g/mol. The molecule has 0 aliphatic rings. The molecule has 12 heavy (non-hydrogen) atoms. The topological polar surface area (TPSA) is 51.8 Å². The van der Waals surface area contributed by atoms with Gasteiger partial charge in [0.1, 0.15) is 0 Å². The van der Waals surface area contributed by atoms with Gasteiger partial charge in [0.2, 0.25) is 0 Å². The fraction of sp³-hybridized carbons (Fsp3) is 0.556. The Kier molecular flexibility index (Phi) is 3.67.